The van der Waals surface area contributed by atoms with Gasteiger partial charge in [-0.2, -0.15) is 0 Å². The molecule has 0 saturated carbocycles. The van der Waals surface area contributed by atoms with Crippen LogP contribution in [0.2, 0.25) is 0 Å². The quantitative estimate of drug-likeness (QED) is 0.0979. The first-order valence-corrected chi connectivity index (χ1v) is 51.1. The van der Waals surface area contributed by atoms with Crippen LogP contribution in [0, 0.1) is 0 Å². The van der Waals surface area contributed by atoms with E-state index in [0.29, 0.717) is 39.3 Å². The monoisotopic (exact) mass is 2140 g/mol. The molecule has 18 atom stereocenters. The van der Waals surface area contributed by atoms with Crippen molar-refractivity contribution in [3.63, 3.8) is 0 Å². The molecule has 14 saturated heterocycles. The molecule has 20 rings (SSSR count). The van der Waals surface area contributed by atoms with Gasteiger partial charge in [0.2, 0.25) is 0 Å². The molecular weight excluding hydrogens is 2000 g/mol. The van der Waals surface area contributed by atoms with Crippen molar-refractivity contribution in [2.75, 3.05) is 39.6 Å². The third-order valence-corrected chi connectivity index (χ3v) is 31.0. The van der Waals surface area contributed by atoms with Gasteiger partial charge < -0.3 is 124 Å². The molecule has 26 nitrogen and oxygen atoms in total. The molecule has 14 aliphatic heterocycles. The zero-order valence-corrected chi connectivity index (χ0v) is 89.7. The van der Waals surface area contributed by atoms with Gasteiger partial charge >= 0.3 is 28.3 Å². The average Bonchev–Trinajstić information content (AvgIpc) is 1.59. The van der Waals surface area contributed by atoms with Crippen molar-refractivity contribution >= 4 is 103 Å². The Hall–Kier alpha value is -3.54. The molecule has 0 aromatic heterocycles. The third kappa shape index (κ3) is 26.6. The number of benzene rings is 6. The maximum Gasteiger partial charge on any atom is 0.494 e. The van der Waals surface area contributed by atoms with Crippen molar-refractivity contribution in [1.29, 1.82) is 0 Å². The summed E-state index contributed by atoms with van der Waals surface area (Å²) in [6.07, 6.45) is 2.07. The first-order chi connectivity index (χ1) is 63.4. The summed E-state index contributed by atoms with van der Waals surface area (Å²) in [4.78, 5) is 0. The van der Waals surface area contributed by atoms with Gasteiger partial charge in [0.15, 0.2) is 23.1 Å². The number of aliphatic hydroxyl groups excluding tert-OH is 4. The summed E-state index contributed by atoms with van der Waals surface area (Å²) in [7, 11) is -1.62. The van der Waals surface area contributed by atoms with Gasteiger partial charge in [0.25, 0.3) is 0 Å². The molecule has 746 valence electrons. The van der Waals surface area contributed by atoms with Crippen molar-refractivity contribution in [3.8, 4) is 0 Å². The molecule has 6 aromatic rings. The Bertz CT molecular complexity index is 4520. The topological polar surface area (TPSA) is 284 Å². The number of aliphatic hydroxyl groups is 4. The van der Waals surface area contributed by atoms with E-state index >= 15 is 0 Å². The Kier molecular flexibility index (Phi) is 34.1. The van der Waals surface area contributed by atoms with E-state index < -0.39 is 61.6 Å². The van der Waals surface area contributed by atoms with Crippen LogP contribution in [0.1, 0.15) is 275 Å². The van der Waals surface area contributed by atoms with E-state index in [1.807, 2.05) is 184 Å². The second kappa shape index (κ2) is 42.9. The van der Waals surface area contributed by atoms with Gasteiger partial charge in [-0.1, -0.05) is 161 Å². The van der Waals surface area contributed by atoms with E-state index in [0.717, 1.165) is 76.8 Å². The van der Waals surface area contributed by atoms with Crippen molar-refractivity contribution in [1.82, 2.24) is 0 Å². The molecule has 4 N–H and O–H groups in total. The average molecular weight is 2150 g/mol. The third-order valence-electron chi connectivity index (χ3n) is 28.9. The zero-order chi connectivity index (χ0) is 98.6. The van der Waals surface area contributed by atoms with E-state index in [2.05, 4.69) is 192 Å². The Labute approximate surface area is 839 Å². The highest BCUT2D eigenvalue weighted by molar-refractivity contribution is 9.11. The summed E-state index contributed by atoms with van der Waals surface area (Å²) in [5, 5.41) is 37.7. The lowest BCUT2D eigenvalue weighted by Gasteiger charge is -2.32. The number of ether oxygens (including phenoxy) is 14. The van der Waals surface area contributed by atoms with E-state index in [1.165, 1.54) is 11.1 Å². The van der Waals surface area contributed by atoms with Gasteiger partial charge in [0, 0.05) is 56.4 Å². The van der Waals surface area contributed by atoms with Crippen molar-refractivity contribution in [3.05, 3.63) is 197 Å². The lowest BCUT2D eigenvalue weighted by atomic mass is 9.49. The van der Waals surface area contributed by atoms with Crippen LogP contribution in [0.15, 0.2) is 163 Å². The lowest BCUT2D eigenvalue weighted by Crippen LogP contribution is -2.41. The van der Waals surface area contributed by atoms with Gasteiger partial charge in [-0.25, -0.2) is 0 Å². The first kappa shape index (κ1) is 108. The minimum atomic E-state index is -0.753. The van der Waals surface area contributed by atoms with E-state index in [9.17, 15) is 20.4 Å². The minimum absolute atomic E-state index is 0.0288. The van der Waals surface area contributed by atoms with E-state index in [-0.39, 0.29) is 158 Å². The van der Waals surface area contributed by atoms with Crippen LogP contribution in [-0.2, 0) is 104 Å². The summed E-state index contributed by atoms with van der Waals surface area (Å²) in [5.41, 5.74) is 6.07. The largest absolute Gasteiger partial charge is 0.494 e. The number of rotatable bonds is 9. The molecule has 136 heavy (non-hydrogen) atoms. The number of fused-ring (bicyclic) bond motifs is 4. The molecular formula is C102H142B4Br4O26. The van der Waals surface area contributed by atoms with E-state index in [4.69, 9.17) is 104 Å². The highest BCUT2D eigenvalue weighted by Gasteiger charge is 2.64. The van der Waals surface area contributed by atoms with Crippen LogP contribution >= 0.6 is 63.7 Å². The summed E-state index contributed by atoms with van der Waals surface area (Å²) < 4.78 is 135. The summed E-state index contributed by atoms with van der Waals surface area (Å²) >= 11 is 13.6. The Balaban J connectivity index is 0.000000128. The number of hydrogen-bond donors (Lipinski definition) is 4. The van der Waals surface area contributed by atoms with Crippen molar-refractivity contribution in [2.24, 2.45) is 0 Å². The molecule has 0 radical (unpaired) electrons. The molecule has 0 unspecified atom stereocenters. The molecule has 0 spiro atoms. The van der Waals surface area contributed by atoms with Gasteiger partial charge in [0.05, 0.1) is 158 Å². The summed E-state index contributed by atoms with van der Waals surface area (Å²) in [6.45, 7) is 51.2. The van der Waals surface area contributed by atoms with Gasteiger partial charge in [-0.3, -0.25) is 0 Å². The molecule has 0 amide bonds. The maximum atomic E-state index is 9.52. The SMILES string of the molecule is CC1(C)OB(B2OC(C)(C)C(C)(C)O2)OC1(C)C.CC1(C)O[C@H]2CO[C@@H](c3ccc(B4OC(C)(C)C(C)(C)O4)cc3)C[C@H]2O1.CC1(C)O[C@H]2CO[C@@H](c3ccc(Br)cc3)C[C@H]2O1.CC1(C)O[C@H]2C[C@@H](c3ccc(B4OC(C)(C)C(C)(C)O4)cc3)OC[C@H]2O1.CC1(C)O[C@H]2C[C@@H](c3ccc(Br)cc3)OC[C@H]2O1.O[C@@H]1CO[C@H](c2ccc(Br)cc2)C[C@@H]1O.O[C@@H]1C[C@H](c2ccc(Br)cc2)OC[C@@H]1O. The standard InChI is InChI=1S/2C20H29BO5.2C14H17BrO3.C12H24B2O4.2C11H13BrO3/c2*1-18(2)19(3,4)26-21(25-18)14-9-7-13(8-10-14)15-11-16-17(12-22-15)24-20(5,6)23-16;2*1-14(2)17-12-7-11(16-8-13(12)18-14)9-3-5-10(15)6-4-9;1-9(2)10(3,4)16-13(15-9)14-17-11(5,6)12(7,8)18-14;2*12-8-3-1-7(2-4-8)11-5-9(13)10(14)6-15-11/h2*7-10,15-17H,11-12H2,1-6H3;2*3-6,11-13H,7-8H2,1-2H3;1-8H3;2*1-4,9-11,13-14H,5-6H2/t2*15-,16-,17+;2*11-,12-,13+;;2*9-,10+,11-/m1010.10/s1. The lowest BCUT2D eigenvalue weighted by molar-refractivity contribution is -0.146. The molecule has 34 heteroatoms. The van der Waals surface area contributed by atoms with Crippen molar-refractivity contribution < 1.29 is 124 Å². The number of hydrogen-bond acceptors (Lipinski definition) is 26. The van der Waals surface area contributed by atoms with Crippen molar-refractivity contribution in [2.45, 2.75) is 383 Å². The molecule has 0 bridgehead atoms. The zero-order valence-electron chi connectivity index (χ0n) is 83.3. The van der Waals surface area contributed by atoms with Gasteiger partial charge in [-0.15, -0.1) is 0 Å². The van der Waals surface area contributed by atoms with Gasteiger partial charge in [-0.05, 0) is 259 Å². The van der Waals surface area contributed by atoms with Crippen LogP contribution in [-0.4, -0.2) is 230 Å². The Morgan fingerprint density at radius 2 is 0.382 bits per heavy atom. The van der Waals surface area contributed by atoms with Gasteiger partial charge in [0.1, 0.15) is 36.6 Å². The number of halogens is 4. The Morgan fingerprint density at radius 1 is 0.213 bits per heavy atom. The maximum absolute atomic E-state index is 9.52. The fourth-order valence-electron chi connectivity index (χ4n) is 18.3. The van der Waals surface area contributed by atoms with Crippen LogP contribution in [0.5, 0.6) is 0 Å². The summed E-state index contributed by atoms with van der Waals surface area (Å²) in [6, 6.07) is 48.8. The molecule has 14 fully saturated rings. The van der Waals surface area contributed by atoms with E-state index in [1.54, 1.807) is 0 Å². The predicted octanol–water partition coefficient (Wildman–Crippen LogP) is 18.3. The van der Waals surface area contributed by atoms with Crippen LogP contribution in [0.25, 0.3) is 0 Å². The molecule has 14 aliphatic rings. The first-order valence-electron chi connectivity index (χ1n) is 47.9. The minimum Gasteiger partial charge on any atom is -0.405 e. The fraction of sp³-hybridized carbons (Fsp3) is 0.647. The molecule has 14 heterocycles. The predicted molar refractivity (Wildman–Crippen MR) is 532 cm³/mol. The highest BCUT2D eigenvalue weighted by atomic mass is 79.9. The van der Waals surface area contributed by atoms with Crippen LogP contribution < -0.4 is 10.9 Å². The summed E-state index contributed by atoms with van der Waals surface area (Å²) in [5.74, 6) is -2.00. The normalized spacial score (nSPS) is 33.5. The molecule has 6 aromatic carbocycles. The Morgan fingerprint density at radius 3 is 0.581 bits per heavy atom. The second-order valence-electron chi connectivity index (χ2n) is 43.4. The highest BCUT2D eigenvalue weighted by Crippen LogP contribution is 2.48. The second-order valence-corrected chi connectivity index (χ2v) is 47.1. The van der Waals surface area contributed by atoms with Crippen LogP contribution in [0.4, 0.5) is 0 Å². The van der Waals surface area contributed by atoms with Crippen LogP contribution in [0.3, 0.4) is 0 Å². The fourth-order valence-corrected chi connectivity index (χ4v) is 19.4. The smallest absolute Gasteiger partial charge is 0.405 e. The molecule has 0 aliphatic carbocycles.